The molecule has 9 heteroatoms. The van der Waals surface area contributed by atoms with Gasteiger partial charge in [-0.2, -0.15) is 0 Å². The van der Waals surface area contributed by atoms with Crippen molar-refractivity contribution in [2.75, 3.05) is 26.4 Å². The van der Waals surface area contributed by atoms with Gasteiger partial charge in [-0.05, 0) is 48.6 Å². The quantitative estimate of drug-likeness (QED) is 0.382. The number of nitrogens with one attached hydrogen (secondary N) is 1. The van der Waals surface area contributed by atoms with E-state index in [1.165, 1.54) is 42.5 Å². The zero-order chi connectivity index (χ0) is 22.5. The number of carbonyl (C=O) groups excluding carboxylic acids is 1. The van der Waals surface area contributed by atoms with Crippen molar-refractivity contribution in [2.45, 2.75) is 11.7 Å². The average Bonchev–Trinajstić information content (AvgIpc) is 3.10. The summed E-state index contributed by atoms with van der Waals surface area (Å²) in [5.41, 5.74) is -1.08. The van der Waals surface area contributed by atoms with Gasteiger partial charge >= 0.3 is 12.1 Å². The number of aliphatic hydroxyl groups excluding tert-OH is 1. The highest BCUT2D eigenvalue weighted by Crippen LogP contribution is 2.19. The summed E-state index contributed by atoms with van der Waals surface area (Å²) >= 11 is 0. The molecule has 1 unspecified atom stereocenters. The summed E-state index contributed by atoms with van der Waals surface area (Å²) in [6.45, 7) is -0.445. The van der Waals surface area contributed by atoms with Crippen LogP contribution < -0.4 is 10.1 Å². The van der Waals surface area contributed by atoms with Gasteiger partial charge in [-0.25, -0.2) is 14.0 Å². The Kier molecular flexibility index (Phi) is 9.29. The first-order chi connectivity index (χ1) is 14.9. The molecule has 1 saturated heterocycles. The molecule has 1 fully saturated rings. The van der Waals surface area contributed by atoms with Gasteiger partial charge in [0, 0.05) is 0 Å². The van der Waals surface area contributed by atoms with Crippen molar-refractivity contribution >= 4 is 12.1 Å². The van der Waals surface area contributed by atoms with Crippen LogP contribution in [0.15, 0.2) is 60.7 Å². The summed E-state index contributed by atoms with van der Waals surface area (Å²) in [5, 5.41) is 20.9. The van der Waals surface area contributed by atoms with Crippen LogP contribution in [0.4, 0.5) is 9.18 Å². The lowest BCUT2D eigenvalue weighted by atomic mass is 10.1. The van der Waals surface area contributed by atoms with Gasteiger partial charge in [0.05, 0.1) is 13.2 Å². The van der Waals surface area contributed by atoms with E-state index in [0.29, 0.717) is 5.75 Å². The molecule has 0 saturated carbocycles. The van der Waals surface area contributed by atoms with Crippen LogP contribution in [0.5, 0.6) is 5.75 Å². The molecule has 0 radical (unpaired) electrons. The number of benzene rings is 1. The first-order valence-corrected chi connectivity index (χ1v) is 9.23. The number of aliphatic carboxylic acids is 1. The Bertz CT molecular complexity index is 899. The van der Waals surface area contributed by atoms with Crippen molar-refractivity contribution in [1.82, 2.24) is 5.32 Å². The summed E-state index contributed by atoms with van der Waals surface area (Å²) in [4.78, 5) is 21.9. The number of allylic oxidation sites excluding steroid dienone is 4. The molecule has 2 atom stereocenters. The molecule has 0 aromatic heterocycles. The van der Waals surface area contributed by atoms with Crippen molar-refractivity contribution in [3.63, 3.8) is 0 Å². The number of halogens is 1. The summed E-state index contributed by atoms with van der Waals surface area (Å²) in [5.74, 6) is 4.40. The van der Waals surface area contributed by atoms with Gasteiger partial charge in [0.25, 0.3) is 0 Å². The van der Waals surface area contributed by atoms with Crippen LogP contribution in [0.1, 0.15) is 0 Å². The van der Waals surface area contributed by atoms with Crippen LogP contribution in [0.2, 0.25) is 0 Å². The number of hydrogen-bond acceptors (Lipinski definition) is 6. The molecule has 0 bridgehead atoms. The molecule has 31 heavy (non-hydrogen) atoms. The van der Waals surface area contributed by atoms with E-state index in [1.807, 2.05) is 0 Å². The molecule has 8 nitrogen and oxygen atoms in total. The fourth-order valence-electron chi connectivity index (χ4n) is 2.37. The van der Waals surface area contributed by atoms with E-state index in [4.69, 9.17) is 19.3 Å². The van der Waals surface area contributed by atoms with E-state index in [9.17, 15) is 19.1 Å². The van der Waals surface area contributed by atoms with E-state index in [2.05, 4.69) is 17.2 Å². The maximum absolute atomic E-state index is 12.8. The average molecular weight is 431 g/mol. The van der Waals surface area contributed by atoms with Crippen molar-refractivity contribution in [3.05, 3.63) is 66.5 Å². The maximum atomic E-state index is 12.8. The normalized spacial score (nSPS) is 19.2. The molecule has 1 aromatic rings. The van der Waals surface area contributed by atoms with Gasteiger partial charge < -0.3 is 29.7 Å². The first-order valence-electron chi connectivity index (χ1n) is 9.23. The molecule has 1 aliphatic rings. The summed E-state index contributed by atoms with van der Waals surface area (Å²) in [6.07, 6.45) is 7.77. The van der Waals surface area contributed by atoms with Crippen LogP contribution >= 0.6 is 0 Å². The molecular weight excluding hydrogens is 409 g/mol. The maximum Gasteiger partial charge on any atom is 0.408 e. The minimum atomic E-state index is -1.12. The van der Waals surface area contributed by atoms with Crippen LogP contribution in [0.25, 0.3) is 0 Å². The predicted octanol–water partition coefficient (Wildman–Crippen LogP) is 1.82. The lowest BCUT2D eigenvalue weighted by molar-refractivity contribution is -0.143. The van der Waals surface area contributed by atoms with Crippen molar-refractivity contribution in [1.29, 1.82) is 0 Å². The Balaban J connectivity index is 1.76. The van der Waals surface area contributed by atoms with Crippen molar-refractivity contribution in [3.8, 4) is 17.6 Å². The number of alkyl carbamates (subject to hydrolysis) is 1. The molecule has 1 aromatic carbocycles. The number of ether oxygens (including phenoxy) is 3. The monoisotopic (exact) mass is 431 g/mol. The Hall–Kier alpha value is -3.61. The predicted molar refractivity (Wildman–Crippen MR) is 109 cm³/mol. The smallest absolute Gasteiger partial charge is 0.408 e. The second-order valence-electron chi connectivity index (χ2n) is 6.39. The highest BCUT2D eigenvalue weighted by atomic mass is 19.1. The highest BCUT2D eigenvalue weighted by molar-refractivity contribution is 5.71. The number of cyclic esters (lactones) is 1. The lowest BCUT2D eigenvalue weighted by Gasteiger charge is -2.21. The Morgan fingerprint density at radius 3 is 2.71 bits per heavy atom. The molecule has 1 heterocycles. The van der Waals surface area contributed by atoms with Gasteiger partial charge in [-0.15, -0.1) is 0 Å². The minimum Gasteiger partial charge on any atom is -0.491 e. The van der Waals surface area contributed by atoms with Crippen molar-refractivity contribution < 1.29 is 38.4 Å². The van der Waals surface area contributed by atoms with E-state index < -0.39 is 30.4 Å². The minimum absolute atomic E-state index is 0.00117. The van der Waals surface area contributed by atoms with E-state index in [0.717, 1.165) is 0 Å². The van der Waals surface area contributed by atoms with E-state index in [-0.39, 0.29) is 25.6 Å². The lowest BCUT2D eigenvalue weighted by Crippen LogP contribution is -2.37. The molecule has 1 aliphatic heterocycles. The van der Waals surface area contributed by atoms with Crippen LogP contribution in [-0.2, 0) is 14.3 Å². The number of rotatable bonds is 10. The highest BCUT2D eigenvalue weighted by Gasteiger charge is 2.38. The van der Waals surface area contributed by atoms with Crippen LogP contribution in [0, 0.1) is 17.7 Å². The molecule has 1 amide bonds. The number of carboxylic acid groups (broad SMARTS) is 1. The number of carboxylic acids is 1. The fraction of sp³-hybridized carbons (Fsp3) is 0.273. The second-order valence-corrected chi connectivity index (χ2v) is 6.39. The second kappa shape index (κ2) is 12.2. The Labute approximate surface area is 178 Å². The molecular formula is C22H22FNO7. The van der Waals surface area contributed by atoms with Crippen LogP contribution in [0.3, 0.4) is 0 Å². The van der Waals surface area contributed by atoms with Gasteiger partial charge in [-0.3, -0.25) is 0 Å². The fourth-order valence-corrected chi connectivity index (χ4v) is 2.37. The summed E-state index contributed by atoms with van der Waals surface area (Å²) in [6, 6.07) is 5.47. The van der Waals surface area contributed by atoms with Gasteiger partial charge in [0.15, 0.2) is 5.60 Å². The largest absolute Gasteiger partial charge is 0.491 e. The molecule has 2 rings (SSSR count). The zero-order valence-electron chi connectivity index (χ0n) is 16.5. The molecule has 164 valence electrons. The third-order valence-corrected chi connectivity index (χ3v) is 3.81. The topological polar surface area (TPSA) is 114 Å². The van der Waals surface area contributed by atoms with E-state index in [1.54, 1.807) is 18.2 Å². The molecule has 3 N–H and O–H groups in total. The van der Waals surface area contributed by atoms with Gasteiger partial charge in [0.1, 0.15) is 30.9 Å². The van der Waals surface area contributed by atoms with Crippen molar-refractivity contribution in [2.24, 2.45) is 0 Å². The standard InChI is InChI=1S/C22H22FNO7/c23-17-8-10-19(11-9-17)30-13-18(25)7-5-3-1-2-4-6-12-22(15-24-21(28)31-22)16-29-14-20(26)27/h2,4-12,18,25H,13-16H2,(H,24,28)(H,26,27)/b4-2+,7-5+,12-6+/t18-,22?/m1/s1. The number of carbonyl (C=O) groups is 2. The number of hydrogen-bond donors (Lipinski definition) is 3. The Morgan fingerprint density at radius 2 is 2.03 bits per heavy atom. The third kappa shape index (κ3) is 9.16. The Morgan fingerprint density at radius 1 is 1.29 bits per heavy atom. The van der Waals surface area contributed by atoms with Gasteiger partial charge in [0.2, 0.25) is 0 Å². The molecule has 0 spiro atoms. The number of aliphatic hydroxyl groups is 1. The summed E-state index contributed by atoms with van der Waals surface area (Å²) in [7, 11) is 0. The SMILES string of the molecule is O=C(O)COCC1(/C=C/C=C/C#C/C=C/[C@@H](O)COc2ccc(F)cc2)CNC(=O)O1. The third-order valence-electron chi connectivity index (χ3n) is 3.81. The van der Waals surface area contributed by atoms with E-state index >= 15 is 0 Å². The first kappa shape index (κ1) is 23.7. The summed E-state index contributed by atoms with van der Waals surface area (Å²) < 4.78 is 28.3. The molecule has 0 aliphatic carbocycles. The van der Waals surface area contributed by atoms with Gasteiger partial charge in [-0.1, -0.05) is 24.0 Å². The number of amides is 1. The zero-order valence-corrected chi connectivity index (χ0v) is 16.5. The van der Waals surface area contributed by atoms with Crippen LogP contribution in [-0.4, -0.2) is 60.3 Å².